The summed E-state index contributed by atoms with van der Waals surface area (Å²) in [6.45, 7) is 5.20. The quantitative estimate of drug-likeness (QED) is 0.822. The second-order valence-electron chi connectivity index (χ2n) is 6.84. The molecule has 7 heteroatoms. The number of piperidine rings is 1. The molecule has 1 aromatic heterocycles. The number of rotatable bonds is 4. The lowest BCUT2D eigenvalue weighted by molar-refractivity contribution is -0.121. The number of carbonyl (C=O) groups excluding carboxylic acids is 2. The molecular weight excluding hydrogens is 396 g/mol. The number of anilines is 1. The molecule has 1 aromatic carbocycles. The summed E-state index contributed by atoms with van der Waals surface area (Å²) < 4.78 is 2.76. The van der Waals surface area contributed by atoms with Gasteiger partial charge in [0.05, 0.1) is 0 Å². The first-order valence-electron chi connectivity index (χ1n) is 8.85. The van der Waals surface area contributed by atoms with Crippen LogP contribution in [0.2, 0.25) is 0 Å². The van der Waals surface area contributed by atoms with E-state index in [9.17, 15) is 9.59 Å². The van der Waals surface area contributed by atoms with Crippen molar-refractivity contribution < 1.29 is 9.59 Å². The maximum absolute atomic E-state index is 12.6. The van der Waals surface area contributed by atoms with Gasteiger partial charge >= 0.3 is 0 Å². The van der Waals surface area contributed by atoms with Crippen LogP contribution in [0.15, 0.2) is 41.0 Å². The van der Waals surface area contributed by atoms with E-state index in [1.807, 2.05) is 44.3 Å². The molecule has 0 unspecified atom stereocenters. The van der Waals surface area contributed by atoms with Gasteiger partial charge in [0.15, 0.2) is 0 Å². The minimum Gasteiger partial charge on any atom is -0.337 e. The highest BCUT2D eigenvalue weighted by molar-refractivity contribution is 9.10. The number of aromatic nitrogens is 2. The lowest BCUT2D eigenvalue weighted by Gasteiger charge is -2.30. The Labute approximate surface area is 161 Å². The van der Waals surface area contributed by atoms with Gasteiger partial charge in [-0.1, -0.05) is 15.9 Å². The van der Waals surface area contributed by atoms with Crippen molar-refractivity contribution in [1.29, 1.82) is 0 Å². The molecule has 0 bridgehead atoms. The second kappa shape index (κ2) is 8.03. The molecule has 1 fully saturated rings. The van der Waals surface area contributed by atoms with E-state index in [0.29, 0.717) is 31.6 Å². The zero-order valence-electron chi connectivity index (χ0n) is 15.0. The van der Waals surface area contributed by atoms with E-state index in [-0.39, 0.29) is 23.8 Å². The van der Waals surface area contributed by atoms with Gasteiger partial charge in [-0.05, 0) is 57.0 Å². The summed E-state index contributed by atoms with van der Waals surface area (Å²) in [6, 6.07) is 9.51. The van der Waals surface area contributed by atoms with E-state index in [4.69, 9.17) is 0 Å². The van der Waals surface area contributed by atoms with Crippen molar-refractivity contribution in [2.45, 2.75) is 32.7 Å². The number of hydrogen-bond acceptors (Lipinski definition) is 3. The fourth-order valence-electron chi connectivity index (χ4n) is 3.02. The first kappa shape index (κ1) is 18.6. The molecule has 2 heterocycles. The Hall–Kier alpha value is -2.15. The van der Waals surface area contributed by atoms with Crippen molar-refractivity contribution in [2.24, 2.45) is 5.92 Å². The van der Waals surface area contributed by atoms with Crippen LogP contribution < -0.4 is 5.32 Å². The van der Waals surface area contributed by atoms with Crippen molar-refractivity contribution in [3.63, 3.8) is 0 Å². The molecule has 26 heavy (non-hydrogen) atoms. The molecule has 1 aliphatic heterocycles. The van der Waals surface area contributed by atoms with Crippen molar-refractivity contribution in [2.75, 3.05) is 18.4 Å². The molecule has 138 valence electrons. The highest BCUT2D eigenvalue weighted by Gasteiger charge is 2.28. The van der Waals surface area contributed by atoms with Crippen LogP contribution in [0.5, 0.6) is 0 Å². The van der Waals surface area contributed by atoms with Crippen molar-refractivity contribution in [3.05, 3.63) is 46.7 Å². The standard InChI is InChI=1S/C19H23BrN4O2/c1-13(2)24-12-9-17(22-24)19(26)23-10-7-14(8-11-23)18(25)21-16-5-3-15(20)4-6-16/h3-6,9,12-14H,7-8,10-11H2,1-2H3,(H,21,25). The van der Waals surface area contributed by atoms with Crippen molar-refractivity contribution >= 4 is 33.4 Å². The van der Waals surface area contributed by atoms with Gasteiger partial charge < -0.3 is 10.2 Å². The van der Waals surface area contributed by atoms with Crippen LogP contribution in [-0.4, -0.2) is 39.6 Å². The summed E-state index contributed by atoms with van der Waals surface area (Å²) in [4.78, 5) is 26.8. The van der Waals surface area contributed by atoms with Crippen molar-refractivity contribution in [1.82, 2.24) is 14.7 Å². The predicted octanol–water partition coefficient (Wildman–Crippen LogP) is 3.72. The van der Waals surface area contributed by atoms with Gasteiger partial charge in [0, 0.05) is 41.4 Å². The topological polar surface area (TPSA) is 67.2 Å². The van der Waals surface area contributed by atoms with Crippen LogP contribution in [0.3, 0.4) is 0 Å². The SMILES string of the molecule is CC(C)n1ccc(C(=O)N2CCC(C(=O)Nc3ccc(Br)cc3)CC2)n1. The van der Waals surface area contributed by atoms with Gasteiger partial charge in [-0.15, -0.1) is 0 Å². The zero-order chi connectivity index (χ0) is 18.7. The smallest absolute Gasteiger partial charge is 0.274 e. The molecule has 0 spiro atoms. The summed E-state index contributed by atoms with van der Waals surface area (Å²) in [5.74, 6) is -0.115. The molecule has 1 aliphatic rings. The molecule has 0 atom stereocenters. The Balaban J connectivity index is 1.53. The lowest BCUT2D eigenvalue weighted by atomic mass is 9.95. The van der Waals surface area contributed by atoms with E-state index in [0.717, 1.165) is 10.2 Å². The fourth-order valence-corrected chi connectivity index (χ4v) is 3.29. The Morgan fingerprint density at radius 1 is 1.15 bits per heavy atom. The van der Waals surface area contributed by atoms with E-state index < -0.39 is 0 Å². The molecule has 1 N–H and O–H groups in total. The first-order valence-corrected chi connectivity index (χ1v) is 9.64. The number of hydrogen-bond donors (Lipinski definition) is 1. The molecule has 2 aromatic rings. The molecule has 0 aliphatic carbocycles. The summed E-state index contributed by atoms with van der Waals surface area (Å²) in [6.07, 6.45) is 3.16. The van der Waals surface area contributed by atoms with Crippen LogP contribution in [0.25, 0.3) is 0 Å². The second-order valence-corrected chi connectivity index (χ2v) is 7.75. The minimum absolute atomic E-state index is 0.0171. The van der Waals surface area contributed by atoms with Crippen LogP contribution in [0.4, 0.5) is 5.69 Å². The Morgan fingerprint density at radius 2 is 1.81 bits per heavy atom. The zero-order valence-corrected chi connectivity index (χ0v) is 16.6. The molecule has 0 radical (unpaired) electrons. The number of halogens is 1. The number of nitrogens with one attached hydrogen (secondary N) is 1. The van der Waals surface area contributed by atoms with Crippen LogP contribution >= 0.6 is 15.9 Å². The molecular formula is C19H23BrN4O2. The number of likely N-dealkylation sites (tertiary alicyclic amines) is 1. The summed E-state index contributed by atoms with van der Waals surface area (Å²) in [5.41, 5.74) is 1.26. The summed E-state index contributed by atoms with van der Waals surface area (Å²) in [7, 11) is 0. The van der Waals surface area contributed by atoms with E-state index >= 15 is 0 Å². The average molecular weight is 419 g/mol. The molecule has 3 rings (SSSR count). The van der Waals surface area contributed by atoms with Crippen LogP contribution in [-0.2, 0) is 4.79 Å². The normalized spacial score (nSPS) is 15.3. The van der Waals surface area contributed by atoms with E-state index in [1.54, 1.807) is 15.6 Å². The number of benzene rings is 1. The maximum Gasteiger partial charge on any atom is 0.274 e. The predicted molar refractivity (Wildman–Crippen MR) is 104 cm³/mol. The largest absolute Gasteiger partial charge is 0.337 e. The van der Waals surface area contributed by atoms with Gasteiger partial charge in [-0.3, -0.25) is 14.3 Å². The van der Waals surface area contributed by atoms with E-state index in [1.165, 1.54) is 0 Å². The van der Waals surface area contributed by atoms with Gasteiger partial charge in [0.1, 0.15) is 5.69 Å². The van der Waals surface area contributed by atoms with Crippen LogP contribution in [0.1, 0.15) is 43.2 Å². The molecule has 0 saturated carbocycles. The minimum atomic E-state index is -0.0732. The van der Waals surface area contributed by atoms with Crippen molar-refractivity contribution in [3.8, 4) is 0 Å². The molecule has 1 saturated heterocycles. The van der Waals surface area contributed by atoms with Gasteiger partial charge in [-0.2, -0.15) is 5.10 Å². The molecule has 6 nitrogen and oxygen atoms in total. The van der Waals surface area contributed by atoms with E-state index in [2.05, 4.69) is 26.3 Å². The summed E-state index contributed by atoms with van der Waals surface area (Å²) in [5, 5.41) is 7.30. The average Bonchev–Trinajstić information content (AvgIpc) is 3.13. The third-order valence-electron chi connectivity index (χ3n) is 4.62. The van der Waals surface area contributed by atoms with Gasteiger partial charge in [0.2, 0.25) is 5.91 Å². The first-order chi connectivity index (χ1) is 12.4. The Bertz CT molecular complexity index is 777. The van der Waals surface area contributed by atoms with Crippen LogP contribution in [0, 0.1) is 5.92 Å². The van der Waals surface area contributed by atoms with Gasteiger partial charge in [0.25, 0.3) is 5.91 Å². The highest BCUT2D eigenvalue weighted by Crippen LogP contribution is 2.22. The number of amides is 2. The number of carbonyl (C=O) groups is 2. The fraction of sp³-hybridized carbons (Fsp3) is 0.421. The monoisotopic (exact) mass is 418 g/mol. The van der Waals surface area contributed by atoms with Gasteiger partial charge in [-0.25, -0.2) is 0 Å². The Kier molecular flexibility index (Phi) is 5.76. The maximum atomic E-state index is 12.6. The molecule has 2 amide bonds. The Morgan fingerprint density at radius 3 is 2.38 bits per heavy atom. The number of nitrogens with zero attached hydrogens (tertiary/aromatic N) is 3. The summed E-state index contributed by atoms with van der Waals surface area (Å²) >= 11 is 3.38. The third-order valence-corrected chi connectivity index (χ3v) is 5.15. The third kappa shape index (κ3) is 4.33. The highest BCUT2D eigenvalue weighted by atomic mass is 79.9. The lowest BCUT2D eigenvalue weighted by Crippen LogP contribution is -2.41.